The van der Waals surface area contributed by atoms with Crippen molar-refractivity contribution in [3.63, 3.8) is 0 Å². The van der Waals surface area contributed by atoms with Gasteiger partial charge < -0.3 is 9.47 Å². The molecule has 0 N–H and O–H groups in total. The number of carbonyl (C=O) groups is 2. The molecule has 1 fully saturated rings. The van der Waals surface area contributed by atoms with Crippen LogP contribution in [0.4, 0.5) is 0 Å². The van der Waals surface area contributed by atoms with E-state index in [0.717, 1.165) is 19.3 Å². The minimum atomic E-state index is -0.835. The molecular formula is C22H32O4. The van der Waals surface area contributed by atoms with Crippen LogP contribution in [-0.4, -0.2) is 25.2 Å². The first kappa shape index (κ1) is 20.5. The molecule has 26 heavy (non-hydrogen) atoms. The van der Waals surface area contributed by atoms with Gasteiger partial charge in [0.2, 0.25) is 0 Å². The van der Waals surface area contributed by atoms with E-state index in [1.165, 1.54) is 12.7 Å². The first-order valence-corrected chi connectivity index (χ1v) is 9.65. The van der Waals surface area contributed by atoms with Crippen molar-refractivity contribution in [1.82, 2.24) is 0 Å². The molecule has 0 spiro atoms. The number of ether oxygens (including phenoxy) is 2. The molecule has 0 bridgehead atoms. The Balaban J connectivity index is 2.22. The Morgan fingerprint density at radius 3 is 2.38 bits per heavy atom. The third-order valence-corrected chi connectivity index (χ3v) is 5.94. The molecule has 1 unspecified atom stereocenters. The maximum atomic E-state index is 12.6. The fourth-order valence-corrected chi connectivity index (χ4v) is 4.17. The van der Waals surface area contributed by atoms with Gasteiger partial charge in [-0.2, -0.15) is 0 Å². The van der Waals surface area contributed by atoms with E-state index in [4.69, 9.17) is 9.47 Å². The van der Waals surface area contributed by atoms with Crippen molar-refractivity contribution in [2.45, 2.75) is 64.9 Å². The predicted molar refractivity (Wildman–Crippen MR) is 102 cm³/mol. The number of rotatable bonds is 6. The largest absolute Gasteiger partial charge is 0.468 e. The minimum Gasteiger partial charge on any atom is -0.468 e. The van der Waals surface area contributed by atoms with Crippen LogP contribution in [0.1, 0.15) is 58.9 Å². The number of hydrogen-bond donors (Lipinski definition) is 0. The van der Waals surface area contributed by atoms with Crippen LogP contribution in [0.25, 0.3) is 0 Å². The highest BCUT2D eigenvalue weighted by Gasteiger charge is 2.43. The van der Waals surface area contributed by atoms with Crippen LogP contribution >= 0.6 is 0 Å². The summed E-state index contributed by atoms with van der Waals surface area (Å²) in [6.07, 6.45) is 3.18. The number of hydrogen-bond acceptors (Lipinski definition) is 4. The van der Waals surface area contributed by atoms with Crippen LogP contribution in [0, 0.1) is 17.8 Å². The Morgan fingerprint density at radius 1 is 1.15 bits per heavy atom. The van der Waals surface area contributed by atoms with Crippen molar-refractivity contribution in [2.75, 3.05) is 7.11 Å². The summed E-state index contributed by atoms with van der Waals surface area (Å²) in [5.41, 5.74) is 1.14. The second-order valence-electron chi connectivity index (χ2n) is 8.07. The fraction of sp³-hybridized carbons (Fsp3) is 0.636. The van der Waals surface area contributed by atoms with E-state index in [1.54, 1.807) is 6.92 Å². The average Bonchev–Trinajstić information content (AvgIpc) is 2.62. The highest BCUT2D eigenvalue weighted by atomic mass is 16.6. The normalized spacial score (nSPS) is 24.6. The zero-order valence-electron chi connectivity index (χ0n) is 16.7. The van der Waals surface area contributed by atoms with Crippen LogP contribution in [0.15, 0.2) is 30.3 Å². The maximum Gasteiger partial charge on any atom is 0.320 e. The van der Waals surface area contributed by atoms with Crippen molar-refractivity contribution < 1.29 is 19.1 Å². The van der Waals surface area contributed by atoms with Gasteiger partial charge >= 0.3 is 11.9 Å². The minimum absolute atomic E-state index is 0.112. The molecule has 0 radical (unpaired) electrons. The van der Waals surface area contributed by atoms with E-state index < -0.39 is 17.9 Å². The molecule has 1 aromatic carbocycles. The standard InChI is InChI=1S/C22H32O4/c1-6-17(20(23)25-5)21(24)26-19-14-15(2)12-13-18(19)22(3,4)16-10-8-7-9-11-16/h7-11,15,17-19H,6,12-14H2,1-5H3/t15-,17?,18-,19-/m1/s1. The molecule has 0 amide bonds. The molecule has 4 nitrogen and oxygen atoms in total. The Kier molecular flexibility index (Phi) is 6.85. The van der Waals surface area contributed by atoms with Crippen LogP contribution in [-0.2, 0) is 24.5 Å². The van der Waals surface area contributed by atoms with Gasteiger partial charge in [-0.25, -0.2) is 0 Å². The van der Waals surface area contributed by atoms with Gasteiger partial charge in [0.1, 0.15) is 6.10 Å². The summed E-state index contributed by atoms with van der Waals surface area (Å²) >= 11 is 0. The lowest BCUT2D eigenvalue weighted by Gasteiger charge is -2.44. The topological polar surface area (TPSA) is 52.6 Å². The van der Waals surface area contributed by atoms with Gasteiger partial charge in [0, 0.05) is 5.92 Å². The van der Waals surface area contributed by atoms with E-state index in [2.05, 4.69) is 32.9 Å². The molecule has 4 atom stereocenters. The summed E-state index contributed by atoms with van der Waals surface area (Å²) in [6.45, 7) is 8.45. The van der Waals surface area contributed by atoms with Crippen LogP contribution in [0.3, 0.4) is 0 Å². The Hall–Kier alpha value is -1.84. The van der Waals surface area contributed by atoms with Crippen molar-refractivity contribution in [3.8, 4) is 0 Å². The van der Waals surface area contributed by atoms with Gasteiger partial charge in [-0.15, -0.1) is 0 Å². The molecule has 0 heterocycles. The lowest BCUT2D eigenvalue weighted by molar-refractivity contribution is -0.169. The monoisotopic (exact) mass is 360 g/mol. The summed E-state index contributed by atoms with van der Waals surface area (Å²) in [5.74, 6) is -1.07. The van der Waals surface area contributed by atoms with Gasteiger partial charge in [0.15, 0.2) is 5.92 Å². The highest BCUT2D eigenvalue weighted by Crippen LogP contribution is 2.43. The first-order chi connectivity index (χ1) is 12.3. The zero-order chi connectivity index (χ0) is 19.3. The van der Waals surface area contributed by atoms with Gasteiger partial charge in [0.25, 0.3) is 0 Å². The van der Waals surface area contributed by atoms with E-state index in [9.17, 15) is 9.59 Å². The summed E-state index contributed by atoms with van der Waals surface area (Å²) in [7, 11) is 1.31. The van der Waals surface area contributed by atoms with Crippen LogP contribution in [0.5, 0.6) is 0 Å². The van der Waals surface area contributed by atoms with Gasteiger partial charge in [-0.1, -0.05) is 64.4 Å². The molecule has 1 aliphatic rings. The van der Waals surface area contributed by atoms with E-state index in [1.807, 2.05) is 18.2 Å². The fourth-order valence-electron chi connectivity index (χ4n) is 4.17. The second-order valence-corrected chi connectivity index (χ2v) is 8.07. The molecule has 0 aromatic heterocycles. The summed E-state index contributed by atoms with van der Waals surface area (Å²) in [4.78, 5) is 24.5. The third kappa shape index (κ3) is 4.46. The predicted octanol–water partition coefficient (Wildman–Crippen LogP) is 4.51. The zero-order valence-corrected chi connectivity index (χ0v) is 16.7. The molecule has 144 valence electrons. The van der Waals surface area contributed by atoms with Crippen molar-refractivity contribution >= 4 is 11.9 Å². The van der Waals surface area contributed by atoms with Crippen molar-refractivity contribution in [1.29, 1.82) is 0 Å². The Bertz CT molecular complexity index is 608. The van der Waals surface area contributed by atoms with Crippen molar-refractivity contribution in [3.05, 3.63) is 35.9 Å². The molecule has 4 heteroatoms. The molecule has 0 saturated heterocycles. The number of carbonyl (C=O) groups excluding carboxylic acids is 2. The number of methoxy groups -OCH3 is 1. The third-order valence-electron chi connectivity index (χ3n) is 5.94. The summed E-state index contributed by atoms with van der Waals surface area (Å²) in [5, 5.41) is 0. The second kappa shape index (κ2) is 8.70. The van der Waals surface area contributed by atoms with Gasteiger partial charge in [0.05, 0.1) is 7.11 Å². The lowest BCUT2D eigenvalue weighted by Crippen LogP contribution is -2.44. The van der Waals surface area contributed by atoms with Crippen LogP contribution < -0.4 is 0 Å². The Morgan fingerprint density at radius 2 is 1.81 bits per heavy atom. The highest BCUT2D eigenvalue weighted by molar-refractivity contribution is 5.94. The molecular weight excluding hydrogens is 328 g/mol. The average molecular weight is 360 g/mol. The van der Waals surface area contributed by atoms with E-state index >= 15 is 0 Å². The van der Waals surface area contributed by atoms with E-state index in [-0.39, 0.29) is 17.4 Å². The quantitative estimate of drug-likeness (QED) is 0.553. The number of esters is 2. The smallest absolute Gasteiger partial charge is 0.320 e. The SMILES string of the molecule is CCC(C(=O)OC)C(=O)O[C@@H]1C[C@H](C)CC[C@H]1C(C)(C)c1ccccc1. The molecule has 2 rings (SSSR count). The maximum absolute atomic E-state index is 12.6. The first-order valence-electron chi connectivity index (χ1n) is 9.65. The molecule has 1 saturated carbocycles. The summed E-state index contributed by atoms with van der Waals surface area (Å²) < 4.78 is 10.7. The van der Waals surface area contributed by atoms with Crippen LogP contribution in [0.2, 0.25) is 0 Å². The lowest BCUT2D eigenvalue weighted by atomic mass is 9.64. The van der Waals surface area contributed by atoms with E-state index in [0.29, 0.717) is 12.3 Å². The van der Waals surface area contributed by atoms with Gasteiger partial charge in [-0.3, -0.25) is 9.59 Å². The Labute approximate surface area is 157 Å². The molecule has 0 aliphatic heterocycles. The van der Waals surface area contributed by atoms with Crippen molar-refractivity contribution in [2.24, 2.45) is 17.8 Å². The molecule has 1 aromatic rings. The number of benzene rings is 1. The van der Waals surface area contributed by atoms with Gasteiger partial charge in [-0.05, 0) is 36.2 Å². The summed E-state index contributed by atoms with van der Waals surface area (Å²) in [6, 6.07) is 10.4. The molecule has 1 aliphatic carbocycles.